The molecule has 4 fully saturated rings. The van der Waals surface area contributed by atoms with Crippen molar-refractivity contribution >= 4 is 33.9 Å². The Balaban J connectivity index is 0.000000175. The Morgan fingerprint density at radius 3 is 1.34 bits per heavy atom. The molecule has 2 aromatic carbocycles. The molecule has 0 aliphatic carbocycles. The lowest BCUT2D eigenvalue weighted by atomic mass is 9.95. The molecular formula is C30H40N4O8S2. The quantitative estimate of drug-likeness (QED) is 0.265. The Morgan fingerprint density at radius 2 is 1.00 bits per heavy atom. The van der Waals surface area contributed by atoms with E-state index in [4.69, 9.17) is 18.9 Å². The van der Waals surface area contributed by atoms with Crippen LogP contribution in [0.2, 0.25) is 0 Å². The molecule has 12 atom stereocenters. The molecule has 0 unspecified atom stereocenters. The number of aliphatic hydroxyl groups excluding tert-OH is 4. The summed E-state index contributed by atoms with van der Waals surface area (Å²) in [5, 5.41) is 48.9. The zero-order chi connectivity index (χ0) is 31.4. The molecular weight excluding hydrogens is 608 g/mol. The van der Waals surface area contributed by atoms with E-state index >= 15 is 0 Å². The van der Waals surface area contributed by atoms with Crippen molar-refractivity contribution in [2.75, 3.05) is 14.1 Å². The fourth-order valence-electron chi connectivity index (χ4n) is 5.43. The summed E-state index contributed by atoms with van der Waals surface area (Å²) < 4.78 is 23.5. The second kappa shape index (κ2) is 14.7. The Bertz CT molecular complexity index is 1180. The van der Waals surface area contributed by atoms with E-state index in [9.17, 15) is 20.4 Å². The summed E-state index contributed by atoms with van der Waals surface area (Å²) in [6.07, 6.45) is -5.92. The Hall–Kier alpha value is -2.56. The van der Waals surface area contributed by atoms with Crippen molar-refractivity contribution in [3.05, 3.63) is 60.7 Å². The van der Waals surface area contributed by atoms with Crippen molar-refractivity contribution in [3.8, 4) is 11.5 Å². The number of para-hydroxylation sites is 2. The minimum atomic E-state index is -1.02. The summed E-state index contributed by atoms with van der Waals surface area (Å²) in [7, 11) is 3.35. The van der Waals surface area contributed by atoms with Gasteiger partial charge >= 0.3 is 0 Å². The van der Waals surface area contributed by atoms with Crippen LogP contribution in [0.4, 0.5) is 0 Å². The zero-order valence-corrected chi connectivity index (χ0v) is 26.5. The highest BCUT2D eigenvalue weighted by Gasteiger charge is 2.52. The highest BCUT2D eigenvalue weighted by molar-refractivity contribution is 8.14. The van der Waals surface area contributed by atoms with Gasteiger partial charge in [-0.25, -0.2) is 0 Å². The zero-order valence-electron chi connectivity index (χ0n) is 24.8. The second-order valence-electron chi connectivity index (χ2n) is 10.8. The van der Waals surface area contributed by atoms with Crippen LogP contribution in [-0.4, -0.2) is 117 Å². The molecule has 0 saturated carbocycles. The average Bonchev–Trinajstić information content (AvgIpc) is 3.66. The van der Waals surface area contributed by atoms with Gasteiger partial charge in [-0.05, 0) is 38.1 Å². The number of ether oxygens (including phenoxy) is 4. The topological polar surface area (TPSA) is 167 Å². The van der Waals surface area contributed by atoms with Crippen molar-refractivity contribution in [3.63, 3.8) is 0 Å². The molecule has 4 saturated heterocycles. The molecule has 4 aliphatic rings. The summed E-state index contributed by atoms with van der Waals surface area (Å²) >= 11 is 2.84. The standard InChI is InChI=1S/2C15H20N2O4S/c2*1-8(20-9-6-4-3-5-7-9)13-12(19)11(18)10-14(21-13)22-15(16-2)17-10/h2*3-8,10-14,18-19H,1-2H3,(H,16,17)/t8-,10+,11+,12-,13+,14+;8-,10-,11-,12+,13-,14-/m01/s1. The number of hydrogen-bond acceptors (Lipinski definition) is 12. The fraction of sp³-hybridized carbons (Fsp3) is 0.533. The maximum atomic E-state index is 10.3. The third kappa shape index (κ3) is 7.29. The van der Waals surface area contributed by atoms with Gasteiger partial charge in [0.15, 0.2) is 10.3 Å². The molecule has 0 bridgehead atoms. The first-order valence-corrected chi connectivity index (χ1v) is 16.2. The number of thioether (sulfide) groups is 2. The van der Waals surface area contributed by atoms with Crippen LogP contribution in [0.1, 0.15) is 13.8 Å². The number of fused-ring (bicyclic) bond motifs is 2. The summed E-state index contributed by atoms with van der Waals surface area (Å²) in [6, 6.07) is 18.0. The summed E-state index contributed by atoms with van der Waals surface area (Å²) in [4.78, 5) is 8.15. The van der Waals surface area contributed by atoms with Crippen molar-refractivity contribution in [2.45, 2.75) is 85.6 Å². The van der Waals surface area contributed by atoms with Crippen LogP contribution >= 0.6 is 23.5 Å². The van der Waals surface area contributed by atoms with Gasteiger partial charge in [-0.15, -0.1) is 0 Å². The normalized spacial score (nSPS) is 37.5. The molecule has 4 heterocycles. The molecule has 0 radical (unpaired) electrons. The molecule has 14 heteroatoms. The first kappa shape index (κ1) is 32.8. The number of benzene rings is 2. The van der Waals surface area contributed by atoms with Gasteiger partial charge in [0, 0.05) is 14.1 Å². The van der Waals surface area contributed by atoms with Crippen molar-refractivity contribution < 1.29 is 39.4 Å². The van der Waals surface area contributed by atoms with E-state index in [1.165, 1.54) is 23.5 Å². The minimum Gasteiger partial charge on any atom is -0.488 e. The fourth-order valence-corrected chi connectivity index (χ4v) is 7.61. The Kier molecular flexibility index (Phi) is 11.0. The van der Waals surface area contributed by atoms with E-state index in [0.29, 0.717) is 21.8 Å². The van der Waals surface area contributed by atoms with Gasteiger partial charge in [-0.2, -0.15) is 0 Å². The van der Waals surface area contributed by atoms with Crippen LogP contribution in [0, 0.1) is 0 Å². The van der Waals surface area contributed by atoms with Gasteiger partial charge in [0.2, 0.25) is 0 Å². The molecule has 44 heavy (non-hydrogen) atoms. The summed E-state index contributed by atoms with van der Waals surface area (Å²) in [6.45, 7) is 3.66. The van der Waals surface area contributed by atoms with E-state index in [1.807, 2.05) is 74.5 Å². The molecule has 240 valence electrons. The number of amidine groups is 2. The van der Waals surface area contributed by atoms with Crippen molar-refractivity contribution in [1.82, 2.24) is 10.6 Å². The van der Waals surface area contributed by atoms with E-state index in [0.717, 1.165) is 0 Å². The predicted octanol–water partition coefficient (Wildman–Crippen LogP) is 1.18. The van der Waals surface area contributed by atoms with E-state index in [2.05, 4.69) is 20.6 Å². The van der Waals surface area contributed by atoms with Gasteiger partial charge < -0.3 is 50.0 Å². The van der Waals surface area contributed by atoms with Gasteiger partial charge in [0.1, 0.15) is 71.2 Å². The van der Waals surface area contributed by atoms with Gasteiger partial charge in [-0.3, -0.25) is 9.98 Å². The lowest BCUT2D eigenvalue weighted by Gasteiger charge is -2.41. The molecule has 0 aromatic heterocycles. The smallest absolute Gasteiger partial charge is 0.159 e. The molecule has 2 aromatic rings. The number of nitrogens with zero attached hydrogens (tertiary/aromatic N) is 2. The highest BCUT2D eigenvalue weighted by Crippen LogP contribution is 2.36. The van der Waals surface area contributed by atoms with E-state index < -0.39 is 48.8 Å². The van der Waals surface area contributed by atoms with Crippen molar-refractivity contribution in [1.29, 1.82) is 0 Å². The average molecular weight is 649 g/mol. The van der Waals surface area contributed by atoms with Gasteiger partial charge in [0.25, 0.3) is 0 Å². The number of nitrogens with one attached hydrogen (secondary N) is 2. The minimum absolute atomic E-state index is 0.288. The number of aliphatic imine (C=N–C) groups is 2. The van der Waals surface area contributed by atoms with Crippen LogP contribution < -0.4 is 20.1 Å². The monoisotopic (exact) mass is 648 g/mol. The lowest BCUT2D eigenvalue weighted by Crippen LogP contribution is -2.61. The molecule has 12 nitrogen and oxygen atoms in total. The van der Waals surface area contributed by atoms with Crippen LogP contribution in [0.15, 0.2) is 70.6 Å². The third-order valence-corrected chi connectivity index (χ3v) is 10.1. The van der Waals surface area contributed by atoms with E-state index in [-0.39, 0.29) is 23.0 Å². The largest absolute Gasteiger partial charge is 0.488 e. The third-order valence-electron chi connectivity index (χ3n) is 7.78. The SMILES string of the molecule is CN=C1N[C@@H]2[C@@H](O)[C@H](O)[C@@H]([C@@H](C)Oc3ccccc3)O[C@@H]2S1.CN=C1N[C@@H]2[C@@H](O)[C@H](O)[C@@H]([C@H](C)Oc3ccccc3)O[C@@H]2S1. The lowest BCUT2D eigenvalue weighted by molar-refractivity contribution is -0.180. The van der Waals surface area contributed by atoms with Gasteiger partial charge in [-0.1, -0.05) is 59.9 Å². The van der Waals surface area contributed by atoms with Crippen LogP contribution in [0.3, 0.4) is 0 Å². The molecule has 0 spiro atoms. The summed E-state index contributed by atoms with van der Waals surface area (Å²) in [5.41, 5.74) is -0.576. The predicted molar refractivity (Wildman–Crippen MR) is 170 cm³/mol. The second-order valence-corrected chi connectivity index (χ2v) is 13.0. The highest BCUT2D eigenvalue weighted by atomic mass is 32.2. The van der Waals surface area contributed by atoms with Gasteiger partial charge in [0.05, 0.1) is 12.1 Å². The maximum absolute atomic E-state index is 10.3. The first-order chi connectivity index (χ1) is 21.2. The van der Waals surface area contributed by atoms with Crippen LogP contribution in [0.5, 0.6) is 11.5 Å². The molecule has 4 aliphatic heterocycles. The van der Waals surface area contributed by atoms with Crippen LogP contribution in [-0.2, 0) is 9.47 Å². The molecule has 6 N–H and O–H groups in total. The molecule has 0 amide bonds. The van der Waals surface area contributed by atoms with Crippen molar-refractivity contribution in [2.24, 2.45) is 9.98 Å². The van der Waals surface area contributed by atoms with E-state index in [1.54, 1.807) is 14.1 Å². The Labute approximate surface area is 265 Å². The van der Waals surface area contributed by atoms with Crippen LogP contribution in [0.25, 0.3) is 0 Å². The first-order valence-electron chi connectivity index (χ1n) is 14.5. The Morgan fingerprint density at radius 1 is 0.636 bits per heavy atom. The number of rotatable bonds is 6. The number of aliphatic hydroxyl groups is 4. The number of hydrogen-bond donors (Lipinski definition) is 6. The summed E-state index contributed by atoms with van der Waals surface area (Å²) in [5.74, 6) is 1.41. The molecule has 6 rings (SSSR count). The maximum Gasteiger partial charge on any atom is 0.159 e.